The molecule has 0 unspecified atom stereocenters. The molecule has 0 amide bonds. The molecule has 5 heteroatoms. The lowest BCUT2D eigenvalue weighted by molar-refractivity contribution is 0.0693. The van der Waals surface area contributed by atoms with Gasteiger partial charge in [0.05, 0.1) is 0 Å². The lowest BCUT2D eigenvalue weighted by Gasteiger charge is -2.20. The Hall–Kier alpha value is -2.69. The molecule has 22 heavy (non-hydrogen) atoms. The van der Waals surface area contributed by atoms with Gasteiger partial charge in [0, 0.05) is 5.56 Å². The fourth-order valence-electron chi connectivity index (χ4n) is 1.78. The van der Waals surface area contributed by atoms with E-state index in [4.69, 9.17) is 10.2 Å². The topological polar surface area (TPSA) is 98.0 Å². The van der Waals surface area contributed by atoms with Crippen LogP contribution < -0.4 is 0 Å². The summed E-state index contributed by atoms with van der Waals surface area (Å²) in [6.45, 7) is 5.96. The van der Waals surface area contributed by atoms with Crippen LogP contribution in [0.5, 0.6) is 17.2 Å². The van der Waals surface area contributed by atoms with Crippen molar-refractivity contribution < 1.29 is 25.2 Å². The molecule has 0 radical (unpaired) electrons. The largest absolute Gasteiger partial charge is 0.508 e. The normalized spacial score (nSPS) is 10.5. The number of phenolic OH excluding ortho intramolecular Hbond substituents is 2. The Morgan fingerprint density at radius 2 is 1.50 bits per heavy atom. The maximum absolute atomic E-state index is 10.3. The lowest BCUT2D eigenvalue weighted by Crippen LogP contribution is -2.10. The highest BCUT2D eigenvalue weighted by Gasteiger charge is 2.17. The molecular formula is C17H20O5. The Bertz CT molecular complexity index is 656. The minimum Gasteiger partial charge on any atom is -0.508 e. The van der Waals surface area contributed by atoms with Gasteiger partial charge in [-0.3, -0.25) is 0 Å². The van der Waals surface area contributed by atoms with Crippen molar-refractivity contribution >= 4 is 5.97 Å². The number of benzene rings is 2. The van der Waals surface area contributed by atoms with Crippen molar-refractivity contribution in [3.63, 3.8) is 0 Å². The van der Waals surface area contributed by atoms with E-state index in [9.17, 15) is 15.0 Å². The molecule has 0 spiro atoms. The number of aromatic hydroxyl groups is 3. The molecule has 0 saturated carbocycles. The Balaban J connectivity index is 0.000000224. The second-order valence-corrected chi connectivity index (χ2v) is 5.77. The molecule has 0 fully saturated rings. The SMILES string of the molecule is CC(C)(C)c1cc(O)ccc1O.O=C(O)c1ccccc1O. The van der Waals surface area contributed by atoms with Crippen molar-refractivity contribution in [1.82, 2.24) is 0 Å². The van der Waals surface area contributed by atoms with E-state index in [2.05, 4.69) is 0 Å². The standard InChI is InChI=1S/C10H14O2.C7H6O3/c1-10(2,3)8-6-7(11)4-5-9(8)12;8-6-4-2-1-3-5(6)7(9)10/h4-6,11-12H,1-3H3;1-4,8H,(H,9,10). The van der Waals surface area contributed by atoms with Crippen LogP contribution in [0.3, 0.4) is 0 Å². The number of rotatable bonds is 1. The van der Waals surface area contributed by atoms with Crippen molar-refractivity contribution in [2.75, 3.05) is 0 Å². The highest BCUT2D eigenvalue weighted by Crippen LogP contribution is 2.32. The first-order valence-electron chi connectivity index (χ1n) is 6.66. The van der Waals surface area contributed by atoms with Gasteiger partial charge in [0.15, 0.2) is 0 Å². The van der Waals surface area contributed by atoms with Gasteiger partial charge >= 0.3 is 5.97 Å². The van der Waals surface area contributed by atoms with Gasteiger partial charge in [0.2, 0.25) is 0 Å². The summed E-state index contributed by atoms with van der Waals surface area (Å²) in [6, 6.07) is 10.4. The van der Waals surface area contributed by atoms with Gasteiger partial charge in [-0.1, -0.05) is 32.9 Å². The molecule has 0 aromatic heterocycles. The van der Waals surface area contributed by atoms with Crippen molar-refractivity contribution in [1.29, 1.82) is 0 Å². The molecule has 0 bridgehead atoms. The predicted octanol–water partition coefficient (Wildman–Crippen LogP) is 3.49. The fourth-order valence-corrected chi connectivity index (χ4v) is 1.78. The summed E-state index contributed by atoms with van der Waals surface area (Å²) < 4.78 is 0. The maximum atomic E-state index is 10.3. The zero-order valence-electron chi connectivity index (χ0n) is 12.7. The summed E-state index contributed by atoms with van der Waals surface area (Å²) in [7, 11) is 0. The molecule has 0 aliphatic heterocycles. The number of para-hydroxylation sites is 1. The number of hydrogen-bond acceptors (Lipinski definition) is 4. The van der Waals surface area contributed by atoms with Crippen molar-refractivity contribution in [3.05, 3.63) is 53.6 Å². The van der Waals surface area contributed by atoms with Gasteiger partial charge in [-0.25, -0.2) is 4.79 Å². The van der Waals surface area contributed by atoms with Crippen LogP contribution in [0.4, 0.5) is 0 Å². The number of carboxylic acids is 1. The highest BCUT2D eigenvalue weighted by molar-refractivity contribution is 5.90. The van der Waals surface area contributed by atoms with E-state index >= 15 is 0 Å². The Labute approximate surface area is 129 Å². The summed E-state index contributed by atoms with van der Waals surface area (Å²) >= 11 is 0. The monoisotopic (exact) mass is 304 g/mol. The molecule has 0 aliphatic rings. The number of hydrogen-bond donors (Lipinski definition) is 4. The molecule has 5 nitrogen and oxygen atoms in total. The van der Waals surface area contributed by atoms with Gasteiger partial charge in [-0.2, -0.15) is 0 Å². The van der Waals surface area contributed by atoms with Crippen LogP contribution in [-0.2, 0) is 5.41 Å². The molecule has 2 rings (SSSR count). The average Bonchev–Trinajstić information content (AvgIpc) is 2.41. The van der Waals surface area contributed by atoms with Gasteiger partial charge in [-0.15, -0.1) is 0 Å². The predicted molar refractivity (Wildman–Crippen MR) is 83.5 cm³/mol. The molecule has 0 aliphatic carbocycles. The van der Waals surface area contributed by atoms with E-state index in [1.165, 1.54) is 24.3 Å². The van der Waals surface area contributed by atoms with E-state index in [1.807, 2.05) is 20.8 Å². The van der Waals surface area contributed by atoms with Crippen LogP contribution in [0.15, 0.2) is 42.5 Å². The first-order valence-corrected chi connectivity index (χ1v) is 6.66. The molecule has 118 valence electrons. The number of phenols is 3. The van der Waals surface area contributed by atoms with Gasteiger partial charge in [-0.05, 0) is 35.7 Å². The van der Waals surface area contributed by atoms with Crippen molar-refractivity contribution in [2.45, 2.75) is 26.2 Å². The van der Waals surface area contributed by atoms with Crippen molar-refractivity contribution in [3.8, 4) is 17.2 Å². The summed E-state index contributed by atoms with van der Waals surface area (Å²) in [5, 5.41) is 36.0. The smallest absolute Gasteiger partial charge is 0.339 e. The Kier molecular flexibility index (Phi) is 5.40. The summed E-state index contributed by atoms with van der Waals surface area (Å²) in [6.07, 6.45) is 0. The molecule has 2 aromatic rings. The van der Waals surface area contributed by atoms with Gasteiger partial charge in [0.25, 0.3) is 0 Å². The van der Waals surface area contributed by atoms with E-state index < -0.39 is 5.97 Å². The third kappa shape index (κ3) is 4.70. The van der Waals surface area contributed by atoms with Crippen molar-refractivity contribution in [2.24, 2.45) is 0 Å². The maximum Gasteiger partial charge on any atom is 0.339 e. The first-order chi connectivity index (χ1) is 10.1. The van der Waals surface area contributed by atoms with E-state index in [0.717, 1.165) is 5.56 Å². The van der Waals surface area contributed by atoms with E-state index in [-0.39, 0.29) is 28.2 Å². The molecule has 0 saturated heterocycles. The van der Waals surface area contributed by atoms with E-state index in [0.29, 0.717) is 0 Å². The second-order valence-electron chi connectivity index (χ2n) is 5.77. The van der Waals surface area contributed by atoms with Gasteiger partial charge in [0.1, 0.15) is 22.8 Å². The Morgan fingerprint density at radius 1 is 0.909 bits per heavy atom. The first kappa shape index (κ1) is 17.4. The zero-order valence-corrected chi connectivity index (χ0v) is 12.7. The number of carbonyl (C=O) groups is 1. The number of aromatic carboxylic acids is 1. The third-order valence-corrected chi connectivity index (χ3v) is 2.92. The molecule has 4 N–H and O–H groups in total. The zero-order chi connectivity index (χ0) is 16.9. The minimum absolute atomic E-state index is 0.0671. The highest BCUT2D eigenvalue weighted by atomic mass is 16.4. The molecule has 0 heterocycles. The van der Waals surface area contributed by atoms with Gasteiger partial charge < -0.3 is 20.4 Å². The van der Waals surface area contributed by atoms with Crippen LogP contribution in [0, 0.1) is 0 Å². The third-order valence-electron chi connectivity index (χ3n) is 2.92. The summed E-state index contributed by atoms with van der Waals surface area (Å²) in [4.78, 5) is 10.3. The number of carboxylic acid groups (broad SMARTS) is 1. The molecule has 0 atom stereocenters. The molecular weight excluding hydrogens is 284 g/mol. The van der Waals surface area contributed by atoms with Crippen LogP contribution in [0.25, 0.3) is 0 Å². The fraction of sp³-hybridized carbons (Fsp3) is 0.235. The summed E-state index contributed by atoms with van der Waals surface area (Å²) in [5.74, 6) is -0.883. The molecule has 2 aromatic carbocycles. The average molecular weight is 304 g/mol. The van der Waals surface area contributed by atoms with Crippen LogP contribution in [0.1, 0.15) is 36.7 Å². The Morgan fingerprint density at radius 3 is 1.91 bits per heavy atom. The van der Waals surface area contributed by atoms with E-state index in [1.54, 1.807) is 18.2 Å². The lowest BCUT2D eigenvalue weighted by atomic mass is 9.86. The summed E-state index contributed by atoms with van der Waals surface area (Å²) in [5.41, 5.74) is 0.563. The van der Waals surface area contributed by atoms with Crippen LogP contribution >= 0.6 is 0 Å². The van der Waals surface area contributed by atoms with Crippen LogP contribution in [0.2, 0.25) is 0 Å². The quantitative estimate of drug-likeness (QED) is 0.605. The minimum atomic E-state index is -1.11. The van der Waals surface area contributed by atoms with Crippen LogP contribution in [-0.4, -0.2) is 26.4 Å². The second kappa shape index (κ2) is 6.85.